The maximum absolute atomic E-state index is 14.2. The molecule has 0 atom stereocenters. The van der Waals surface area contributed by atoms with E-state index in [4.69, 9.17) is 0 Å². The van der Waals surface area contributed by atoms with Gasteiger partial charge in [0.05, 0.1) is 17.3 Å². The van der Waals surface area contributed by atoms with Crippen LogP contribution >= 0.6 is 11.3 Å². The molecule has 0 spiro atoms. The van der Waals surface area contributed by atoms with Crippen LogP contribution in [0.5, 0.6) is 0 Å². The van der Waals surface area contributed by atoms with Gasteiger partial charge in [0.1, 0.15) is 5.00 Å². The molecule has 0 radical (unpaired) electrons. The van der Waals surface area contributed by atoms with Crippen LogP contribution in [-0.2, 0) is 25.7 Å². The van der Waals surface area contributed by atoms with E-state index in [9.17, 15) is 9.65 Å². The van der Waals surface area contributed by atoms with Crippen molar-refractivity contribution in [3.63, 3.8) is 0 Å². The van der Waals surface area contributed by atoms with E-state index < -0.39 is 0 Å². The van der Waals surface area contributed by atoms with E-state index in [1.54, 1.807) is 6.07 Å². The molecule has 0 unspecified atom stereocenters. The zero-order valence-corrected chi connectivity index (χ0v) is 15.4. The van der Waals surface area contributed by atoms with Crippen LogP contribution in [0.2, 0.25) is 0 Å². The van der Waals surface area contributed by atoms with Gasteiger partial charge in [-0.25, -0.2) is 4.39 Å². The molecular weight excluding hydrogens is 333 g/mol. The summed E-state index contributed by atoms with van der Waals surface area (Å²) >= 11 is 1.46. The van der Waals surface area contributed by atoms with E-state index in [2.05, 4.69) is 30.8 Å². The van der Waals surface area contributed by atoms with Crippen LogP contribution in [-0.4, -0.2) is 0 Å². The Morgan fingerprint density at radius 1 is 1.04 bits per heavy atom. The third-order valence-corrected chi connectivity index (χ3v) is 6.66. The van der Waals surface area contributed by atoms with Crippen molar-refractivity contribution in [3.8, 4) is 6.07 Å². The topological polar surface area (TPSA) is 47.8 Å². The lowest BCUT2D eigenvalue weighted by Crippen LogP contribution is -2.14. The van der Waals surface area contributed by atoms with Gasteiger partial charge in [0.15, 0.2) is 5.82 Å². The average Bonchev–Trinajstić information content (AvgIpc) is 3.30. The van der Waals surface area contributed by atoms with Crippen LogP contribution in [0.1, 0.15) is 65.3 Å². The van der Waals surface area contributed by atoms with Gasteiger partial charge in [0, 0.05) is 4.88 Å². The van der Waals surface area contributed by atoms with Crippen LogP contribution < -0.4 is 10.9 Å². The van der Waals surface area contributed by atoms with Crippen molar-refractivity contribution in [1.29, 1.82) is 5.26 Å². The van der Waals surface area contributed by atoms with Gasteiger partial charge in [-0.05, 0) is 72.8 Å². The summed E-state index contributed by atoms with van der Waals surface area (Å²) in [6.07, 6.45) is 6.12. The van der Waals surface area contributed by atoms with E-state index in [0.717, 1.165) is 54.7 Å². The number of anilines is 2. The first kappa shape index (κ1) is 16.4. The summed E-state index contributed by atoms with van der Waals surface area (Å²) in [4.78, 5) is 1.04. The number of halogens is 1. The highest BCUT2D eigenvalue weighted by molar-refractivity contribution is 7.16. The lowest BCUT2D eigenvalue weighted by Gasteiger charge is -2.19. The normalized spacial score (nSPS) is 15.2. The number of hydrogen-bond acceptors (Lipinski definition) is 4. The number of hydrogen-bond donors (Lipinski definition) is 2. The summed E-state index contributed by atoms with van der Waals surface area (Å²) in [5, 5.41) is 10.2. The number of benzene rings is 1. The highest BCUT2D eigenvalue weighted by Crippen LogP contribution is 2.42. The number of thiophene rings is 1. The van der Waals surface area contributed by atoms with Crippen molar-refractivity contribution in [2.75, 3.05) is 10.9 Å². The van der Waals surface area contributed by atoms with Crippen molar-refractivity contribution in [3.05, 3.63) is 44.6 Å². The second kappa shape index (κ2) is 6.34. The maximum Gasteiger partial charge on any atom is 0.159 e. The largest absolute Gasteiger partial charge is 0.300 e. The zero-order chi connectivity index (χ0) is 17.6. The van der Waals surface area contributed by atoms with E-state index in [-0.39, 0.29) is 5.82 Å². The Balaban J connectivity index is 1.69. The summed E-state index contributed by atoms with van der Waals surface area (Å²) < 4.78 is 14.2. The predicted molar refractivity (Wildman–Crippen MR) is 101 cm³/mol. The Kier molecular flexibility index (Phi) is 4.16. The van der Waals surface area contributed by atoms with Gasteiger partial charge >= 0.3 is 0 Å². The van der Waals surface area contributed by atoms with Gasteiger partial charge < -0.3 is 0 Å². The summed E-state index contributed by atoms with van der Waals surface area (Å²) in [6.45, 7) is 4.14. The summed E-state index contributed by atoms with van der Waals surface area (Å²) in [5.74, 6) is 0.113. The molecule has 1 heterocycles. The molecule has 2 aromatic rings. The fourth-order valence-electron chi connectivity index (χ4n) is 4.12. The molecule has 5 heteroatoms. The fourth-order valence-corrected chi connectivity index (χ4v) is 5.01. The van der Waals surface area contributed by atoms with Gasteiger partial charge in [-0.3, -0.25) is 10.9 Å². The SMILES string of the molecule is CC(C)c1cc(F)c(NNc2c3c(c(C#N)c4c2CCC4)CCC3)s1. The molecule has 1 aromatic heterocycles. The maximum atomic E-state index is 14.2. The van der Waals surface area contributed by atoms with Crippen LogP contribution in [0.25, 0.3) is 0 Å². The molecule has 0 bridgehead atoms. The molecule has 3 nitrogen and oxygen atoms in total. The quantitative estimate of drug-likeness (QED) is 0.732. The van der Waals surface area contributed by atoms with Gasteiger partial charge in [-0.2, -0.15) is 5.26 Å². The van der Waals surface area contributed by atoms with E-state index in [0.29, 0.717) is 10.9 Å². The molecular formula is C20H22FN3S. The van der Waals surface area contributed by atoms with Gasteiger partial charge in [0.25, 0.3) is 0 Å². The Hall–Kier alpha value is -2.06. The Morgan fingerprint density at radius 2 is 1.64 bits per heavy atom. The molecule has 2 aliphatic carbocycles. The molecule has 0 amide bonds. The predicted octanol–water partition coefficient (Wildman–Crippen LogP) is 5.30. The molecule has 0 aliphatic heterocycles. The molecule has 0 saturated heterocycles. The summed E-state index contributed by atoms with van der Waals surface area (Å²) in [5.41, 5.74) is 13.4. The van der Waals surface area contributed by atoms with Crippen molar-refractivity contribution < 1.29 is 4.39 Å². The smallest absolute Gasteiger partial charge is 0.159 e. The minimum absolute atomic E-state index is 0.205. The van der Waals surface area contributed by atoms with Gasteiger partial charge in [0.2, 0.25) is 0 Å². The number of fused-ring (bicyclic) bond motifs is 2. The Morgan fingerprint density at radius 3 is 2.16 bits per heavy atom. The van der Waals surface area contributed by atoms with E-state index >= 15 is 0 Å². The van der Waals surface area contributed by atoms with Crippen molar-refractivity contribution >= 4 is 22.0 Å². The van der Waals surface area contributed by atoms with E-state index in [1.165, 1.54) is 33.6 Å². The molecule has 1 aromatic carbocycles. The van der Waals surface area contributed by atoms with Crippen LogP contribution in [0.15, 0.2) is 6.07 Å². The fraction of sp³-hybridized carbons (Fsp3) is 0.450. The van der Waals surface area contributed by atoms with Gasteiger partial charge in [-0.1, -0.05) is 13.8 Å². The lowest BCUT2D eigenvalue weighted by atomic mass is 9.93. The highest BCUT2D eigenvalue weighted by Gasteiger charge is 2.28. The monoisotopic (exact) mass is 355 g/mol. The minimum Gasteiger partial charge on any atom is -0.300 e. The first-order valence-corrected chi connectivity index (χ1v) is 9.82. The highest BCUT2D eigenvalue weighted by atomic mass is 32.1. The minimum atomic E-state index is -0.205. The second-order valence-corrected chi connectivity index (χ2v) is 8.30. The third-order valence-electron chi connectivity index (χ3n) is 5.33. The molecule has 0 fully saturated rings. The molecule has 25 heavy (non-hydrogen) atoms. The number of nitrogens with zero attached hydrogens (tertiary/aromatic N) is 1. The first-order valence-electron chi connectivity index (χ1n) is 9.01. The standard InChI is InChI=1S/C20H22FN3S/c1-11(2)18-9-17(21)20(25-18)24-23-19-14-7-3-5-12(14)16(10-22)13-6-4-8-15(13)19/h9,11,23-24H,3-8H2,1-2H3. The summed E-state index contributed by atoms with van der Waals surface area (Å²) in [7, 11) is 0. The number of rotatable bonds is 4. The third kappa shape index (κ3) is 2.69. The molecule has 0 saturated carbocycles. The number of nitrogens with one attached hydrogen (secondary N) is 2. The molecule has 130 valence electrons. The van der Waals surface area contributed by atoms with Crippen LogP contribution in [0.3, 0.4) is 0 Å². The van der Waals surface area contributed by atoms with Crippen LogP contribution in [0, 0.1) is 17.1 Å². The number of hydrazine groups is 1. The Labute approximate surface area is 151 Å². The average molecular weight is 355 g/mol. The van der Waals surface area contributed by atoms with Crippen molar-refractivity contribution in [2.24, 2.45) is 0 Å². The first-order chi connectivity index (χ1) is 12.1. The second-order valence-electron chi connectivity index (χ2n) is 7.21. The number of nitriles is 1. The van der Waals surface area contributed by atoms with Crippen molar-refractivity contribution in [2.45, 2.75) is 58.3 Å². The Bertz CT molecular complexity index is 841. The molecule has 2 N–H and O–H groups in total. The van der Waals surface area contributed by atoms with E-state index in [1.807, 2.05) is 0 Å². The summed E-state index contributed by atoms with van der Waals surface area (Å²) in [6, 6.07) is 4.07. The van der Waals surface area contributed by atoms with Crippen LogP contribution in [0.4, 0.5) is 15.1 Å². The molecule has 2 aliphatic rings. The lowest BCUT2D eigenvalue weighted by molar-refractivity contribution is 0.634. The zero-order valence-electron chi connectivity index (χ0n) is 14.6. The van der Waals surface area contributed by atoms with Gasteiger partial charge in [-0.15, -0.1) is 11.3 Å². The molecule has 4 rings (SSSR count). The van der Waals surface area contributed by atoms with Crippen molar-refractivity contribution in [1.82, 2.24) is 0 Å².